The van der Waals surface area contributed by atoms with E-state index in [1.54, 1.807) is 4.90 Å². The van der Waals surface area contributed by atoms with Gasteiger partial charge in [0.2, 0.25) is 17.7 Å². The number of carbonyl (C=O) groups is 6. The van der Waals surface area contributed by atoms with E-state index in [-0.39, 0.29) is 134 Å². The Morgan fingerprint density at radius 1 is 0.578 bits per heavy atom. The Morgan fingerprint density at radius 2 is 1.05 bits per heavy atom. The van der Waals surface area contributed by atoms with Crippen molar-refractivity contribution in [3.8, 4) is 11.1 Å². The summed E-state index contributed by atoms with van der Waals surface area (Å²) in [6.07, 6.45) is 0.980. The van der Waals surface area contributed by atoms with Crippen molar-refractivity contribution in [2.75, 3.05) is 119 Å². The molecule has 0 atom stereocenters. The molecule has 18 heteroatoms. The van der Waals surface area contributed by atoms with Gasteiger partial charge in [-0.3, -0.25) is 19.2 Å². The number of aldehydes is 1. The van der Waals surface area contributed by atoms with E-state index in [0.717, 1.165) is 28.5 Å². The SMILES string of the molecule is CC(C)(C)OC(=O)CCOCCOCCOCCC(=O)NCCN(CCNC(=O)CCOCCOCCC=O)C(=O)CCOCCNC(=O)OCC1c2ccccc2-c2ccccc21. The third-order valence-electron chi connectivity index (χ3n) is 9.39. The number of nitrogens with zero attached hydrogens (tertiary/aromatic N) is 1. The lowest BCUT2D eigenvalue weighted by Crippen LogP contribution is -2.43. The van der Waals surface area contributed by atoms with E-state index in [1.807, 2.05) is 45.0 Å². The van der Waals surface area contributed by atoms with Crippen LogP contribution in [0.25, 0.3) is 11.1 Å². The number of alkyl carbamates (subject to hydrolysis) is 1. The molecule has 0 saturated heterocycles. The zero-order valence-electron chi connectivity index (χ0n) is 37.7. The minimum absolute atomic E-state index is 0.0454. The van der Waals surface area contributed by atoms with Crippen LogP contribution in [0.1, 0.15) is 69.9 Å². The Kier molecular flexibility index (Phi) is 26.5. The predicted octanol–water partition coefficient (Wildman–Crippen LogP) is 3.18. The molecule has 1 aliphatic carbocycles. The first-order valence-corrected chi connectivity index (χ1v) is 22.0. The molecule has 0 unspecified atom stereocenters. The van der Waals surface area contributed by atoms with Crippen molar-refractivity contribution in [1.29, 1.82) is 0 Å². The molecular weight excluding hydrogens is 833 g/mol. The highest BCUT2D eigenvalue weighted by atomic mass is 16.6. The summed E-state index contributed by atoms with van der Waals surface area (Å²) >= 11 is 0. The van der Waals surface area contributed by atoms with Gasteiger partial charge in [-0.2, -0.15) is 0 Å². The summed E-state index contributed by atoms with van der Waals surface area (Å²) in [5, 5.41) is 8.28. The minimum atomic E-state index is -0.559. The number of rotatable bonds is 35. The number of carbonyl (C=O) groups excluding carboxylic acids is 6. The second kappa shape index (κ2) is 31.8. The van der Waals surface area contributed by atoms with Crippen molar-refractivity contribution in [3.05, 3.63) is 59.7 Å². The Balaban J connectivity index is 1.29. The zero-order valence-corrected chi connectivity index (χ0v) is 37.7. The number of benzene rings is 2. The molecule has 3 N–H and O–H groups in total. The molecule has 0 spiro atoms. The topological polar surface area (TPSA) is 216 Å². The van der Waals surface area contributed by atoms with Gasteiger partial charge in [0.1, 0.15) is 18.5 Å². The standard InChI is InChI=1S/C46H68N4O14/c1-46(2,3)64-44(55)16-27-61-32-34-62-33-31-60-25-14-42(53)48-18-21-50(20-17-47-41(52)13-24-59-30-29-57-23-8-22-51)43(54)15-26-58-28-19-49-45(56)63-35-40-38-11-6-4-9-36(38)37-10-5-7-12-39(37)40/h4-7,9-12,22,40H,8,13-21,23-35H2,1-3H3,(H,47,52)(H,48,53)(H,49,56). The third kappa shape index (κ3) is 23.1. The second-order valence-corrected chi connectivity index (χ2v) is 15.5. The quantitative estimate of drug-likeness (QED) is 0.0515. The van der Waals surface area contributed by atoms with E-state index in [0.29, 0.717) is 46.1 Å². The Hall–Kier alpha value is -4.98. The fourth-order valence-corrected chi connectivity index (χ4v) is 6.37. The van der Waals surface area contributed by atoms with Crippen molar-refractivity contribution in [1.82, 2.24) is 20.9 Å². The van der Waals surface area contributed by atoms with E-state index in [9.17, 15) is 28.8 Å². The van der Waals surface area contributed by atoms with Gasteiger partial charge in [0.15, 0.2) is 0 Å². The van der Waals surface area contributed by atoms with Gasteiger partial charge in [-0.15, -0.1) is 0 Å². The lowest BCUT2D eigenvalue weighted by Gasteiger charge is -2.23. The van der Waals surface area contributed by atoms with Crippen LogP contribution in [0, 0.1) is 0 Å². The maximum absolute atomic E-state index is 13.2. The average molecular weight is 901 g/mol. The molecule has 0 aromatic heterocycles. The summed E-state index contributed by atoms with van der Waals surface area (Å²) in [5.41, 5.74) is 4.00. The van der Waals surface area contributed by atoms with Gasteiger partial charge in [-0.05, 0) is 43.0 Å². The maximum Gasteiger partial charge on any atom is 0.407 e. The maximum atomic E-state index is 13.2. The molecule has 3 rings (SSSR count). The monoisotopic (exact) mass is 900 g/mol. The van der Waals surface area contributed by atoms with Gasteiger partial charge < -0.3 is 63.5 Å². The van der Waals surface area contributed by atoms with Crippen molar-refractivity contribution in [2.24, 2.45) is 0 Å². The van der Waals surface area contributed by atoms with Gasteiger partial charge in [0, 0.05) is 57.9 Å². The first kappa shape index (κ1) is 53.4. The van der Waals surface area contributed by atoms with Crippen LogP contribution in [-0.4, -0.2) is 165 Å². The molecule has 18 nitrogen and oxygen atoms in total. The highest BCUT2D eigenvalue weighted by molar-refractivity contribution is 5.80. The van der Waals surface area contributed by atoms with Crippen LogP contribution in [0.5, 0.6) is 0 Å². The smallest absolute Gasteiger partial charge is 0.407 e. The number of hydrogen-bond acceptors (Lipinski definition) is 14. The van der Waals surface area contributed by atoms with E-state index in [4.69, 9.17) is 37.9 Å². The summed E-state index contributed by atoms with van der Waals surface area (Å²) in [6, 6.07) is 16.2. The van der Waals surface area contributed by atoms with Gasteiger partial charge >= 0.3 is 12.1 Å². The molecule has 0 aliphatic heterocycles. The Morgan fingerprint density at radius 3 is 1.58 bits per heavy atom. The second-order valence-electron chi connectivity index (χ2n) is 15.5. The fraction of sp³-hybridized carbons (Fsp3) is 0.609. The number of nitrogens with one attached hydrogen (secondary N) is 3. The summed E-state index contributed by atoms with van der Waals surface area (Å²) in [6.45, 7) is 9.65. The van der Waals surface area contributed by atoms with Crippen molar-refractivity contribution in [2.45, 2.75) is 64.4 Å². The van der Waals surface area contributed by atoms with E-state index in [2.05, 4.69) is 40.2 Å². The highest BCUT2D eigenvalue weighted by Gasteiger charge is 2.29. The van der Waals surface area contributed by atoms with Crippen LogP contribution >= 0.6 is 0 Å². The van der Waals surface area contributed by atoms with Gasteiger partial charge in [0.05, 0.1) is 92.1 Å². The molecule has 0 fully saturated rings. The molecule has 0 radical (unpaired) electrons. The Labute approximate surface area is 376 Å². The summed E-state index contributed by atoms with van der Waals surface area (Å²) in [7, 11) is 0. The number of hydrogen-bond donors (Lipinski definition) is 3. The van der Waals surface area contributed by atoms with Gasteiger partial charge in [-0.1, -0.05) is 48.5 Å². The normalized spacial score (nSPS) is 11.9. The van der Waals surface area contributed by atoms with Crippen LogP contribution in [-0.2, 0) is 61.9 Å². The molecule has 1 aliphatic rings. The molecular formula is C46H68N4O14. The molecule has 356 valence electrons. The lowest BCUT2D eigenvalue weighted by molar-refractivity contribution is -0.156. The largest absolute Gasteiger partial charge is 0.460 e. The number of ether oxygens (including phenoxy) is 8. The van der Waals surface area contributed by atoms with Crippen molar-refractivity contribution >= 4 is 36.1 Å². The molecule has 2 aromatic carbocycles. The summed E-state index contributed by atoms with van der Waals surface area (Å²) in [5.74, 6) is -1.10. The predicted molar refractivity (Wildman–Crippen MR) is 236 cm³/mol. The molecule has 0 saturated carbocycles. The number of esters is 1. The summed E-state index contributed by atoms with van der Waals surface area (Å²) < 4.78 is 43.4. The fourth-order valence-electron chi connectivity index (χ4n) is 6.37. The van der Waals surface area contributed by atoms with E-state index < -0.39 is 11.7 Å². The van der Waals surface area contributed by atoms with Crippen LogP contribution < -0.4 is 16.0 Å². The van der Waals surface area contributed by atoms with Gasteiger partial charge in [-0.25, -0.2) is 4.79 Å². The number of amides is 4. The summed E-state index contributed by atoms with van der Waals surface area (Å²) in [4.78, 5) is 74.2. The average Bonchev–Trinajstić information content (AvgIpc) is 3.59. The van der Waals surface area contributed by atoms with E-state index in [1.165, 1.54) is 0 Å². The van der Waals surface area contributed by atoms with Crippen LogP contribution in [0.3, 0.4) is 0 Å². The van der Waals surface area contributed by atoms with Crippen LogP contribution in [0.2, 0.25) is 0 Å². The van der Waals surface area contributed by atoms with Crippen molar-refractivity contribution < 1.29 is 66.7 Å². The van der Waals surface area contributed by atoms with Crippen molar-refractivity contribution in [3.63, 3.8) is 0 Å². The molecule has 4 amide bonds. The Bertz CT molecular complexity index is 1660. The van der Waals surface area contributed by atoms with E-state index >= 15 is 0 Å². The molecule has 0 bridgehead atoms. The highest BCUT2D eigenvalue weighted by Crippen LogP contribution is 2.44. The number of fused-ring (bicyclic) bond motifs is 3. The molecule has 0 heterocycles. The van der Waals surface area contributed by atoms with Crippen LogP contribution in [0.15, 0.2) is 48.5 Å². The van der Waals surface area contributed by atoms with Gasteiger partial charge in [0.25, 0.3) is 0 Å². The molecule has 64 heavy (non-hydrogen) atoms. The first-order chi connectivity index (χ1) is 31.0. The third-order valence-corrected chi connectivity index (χ3v) is 9.39. The zero-order chi connectivity index (χ0) is 46.3. The minimum Gasteiger partial charge on any atom is -0.460 e. The first-order valence-electron chi connectivity index (χ1n) is 22.0. The lowest BCUT2D eigenvalue weighted by atomic mass is 9.98. The molecule has 2 aromatic rings. The van der Waals surface area contributed by atoms with Crippen LogP contribution in [0.4, 0.5) is 4.79 Å².